The Bertz CT molecular complexity index is 411. The van der Waals surface area contributed by atoms with Gasteiger partial charge in [0.25, 0.3) is 0 Å². The van der Waals surface area contributed by atoms with E-state index in [1.54, 1.807) is 7.11 Å². The molecule has 1 fully saturated rings. The van der Waals surface area contributed by atoms with Crippen molar-refractivity contribution in [2.45, 2.75) is 25.5 Å². The van der Waals surface area contributed by atoms with Gasteiger partial charge in [-0.15, -0.1) is 0 Å². The lowest BCUT2D eigenvalue weighted by Crippen LogP contribution is -2.33. The highest BCUT2D eigenvalue weighted by atomic mass is 35.5. The highest BCUT2D eigenvalue weighted by molar-refractivity contribution is 6.30. The number of nitrogens with two attached hydrogens (primary N) is 1. The number of ether oxygens (including phenoxy) is 1. The summed E-state index contributed by atoms with van der Waals surface area (Å²) in [5.74, 6) is 0. The molecule has 100 valence electrons. The molecule has 0 aromatic heterocycles. The third kappa shape index (κ3) is 2.86. The lowest BCUT2D eigenvalue weighted by Gasteiger charge is -2.28. The van der Waals surface area contributed by atoms with Crippen LogP contribution in [0.4, 0.5) is 0 Å². The lowest BCUT2D eigenvalue weighted by molar-refractivity contribution is 0.101. The van der Waals surface area contributed by atoms with Crippen LogP contribution in [0.5, 0.6) is 0 Å². The van der Waals surface area contributed by atoms with Gasteiger partial charge in [0.15, 0.2) is 0 Å². The van der Waals surface area contributed by atoms with Crippen LogP contribution in [0.25, 0.3) is 0 Å². The van der Waals surface area contributed by atoms with Gasteiger partial charge < -0.3 is 10.5 Å². The van der Waals surface area contributed by atoms with E-state index in [1.165, 1.54) is 11.1 Å². The molecule has 0 bridgehead atoms. The Labute approximate surface area is 114 Å². The van der Waals surface area contributed by atoms with Crippen molar-refractivity contribution in [1.29, 1.82) is 0 Å². The highest BCUT2D eigenvalue weighted by Crippen LogP contribution is 2.28. The molecule has 1 aliphatic heterocycles. The first-order chi connectivity index (χ1) is 8.65. The number of rotatable bonds is 4. The normalized spacial score (nSPS) is 22.3. The molecule has 2 atom stereocenters. The van der Waals surface area contributed by atoms with Crippen LogP contribution in [0.3, 0.4) is 0 Å². The van der Waals surface area contributed by atoms with Gasteiger partial charge in [0.05, 0.1) is 6.10 Å². The van der Waals surface area contributed by atoms with Crippen molar-refractivity contribution >= 4 is 11.6 Å². The SMILES string of the molecule is COC1CCN(C(CN)c2ccc(Cl)cc2C)C1. The summed E-state index contributed by atoms with van der Waals surface area (Å²) in [5, 5.41) is 0.781. The topological polar surface area (TPSA) is 38.5 Å². The van der Waals surface area contributed by atoms with Gasteiger partial charge in [-0.2, -0.15) is 0 Å². The van der Waals surface area contributed by atoms with Gasteiger partial charge in [0, 0.05) is 37.8 Å². The van der Waals surface area contributed by atoms with E-state index in [4.69, 9.17) is 22.1 Å². The zero-order valence-corrected chi connectivity index (χ0v) is 11.8. The maximum Gasteiger partial charge on any atom is 0.0710 e. The molecule has 1 aliphatic rings. The Kier molecular flexibility index (Phi) is 4.62. The molecule has 1 saturated heterocycles. The Balaban J connectivity index is 2.18. The van der Waals surface area contributed by atoms with Crippen LogP contribution in [-0.4, -0.2) is 37.7 Å². The average Bonchev–Trinajstić information content (AvgIpc) is 2.81. The molecule has 2 unspecified atom stereocenters. The van der Waals surface area contributed by atoms with Crippen molar-refractivity contribution in [2.75, 3.05) is 26.7 Å². The first kappa shape index (κ1) is 13.8. The van der Waals surface area contributed by atoms with Crippen LogP contribution < -0.4 is 5.73 Å². The fraction of sp³-hybridized carbons (Fsp3) is 0.571. The van der Waals surface area contributed by atoms with Crippen LogP contribution >= 0.6 is 11.6 Å². The Hall–Kier alpha value is -0.610. The molecular formula is C14H21ClN2O. The van der Waals surface area contributed by atoms with Gasteiger partial charge >= 0.3 is 0 Å². The molecular weight excluding hydrogens is 248 g/mol. The minimum atomic E-state index is 0.266. The predicted molar refractivity (Wildman–Crippen MR) is 75.0 cm³/mol. The molecule has 0 aliphatic carbocycles. The number of aryl methyl sites for hydroxylation is 1. The Morgan fingerprint density at radius 2 is 2.33 bits per heavy atom. The van der Waals surface area contributed by atoms with Crippen molar-refractivity contribution < 1.29 is 4.74 Å². The van der Waals surface area contributed by atoms with E-state index in [9.17, 15) is 0 Å². The summed E-state index contributed by atoms with van der Waals surface area (Å²) in [6.07, 6.45) is 1.42. The van der Waals surface area contributed by atoms with Gasteiger partial charge in [-0.3, -0.25) is 4.90 Å². The fourth-order valence-electron chi connectivity index (χ4n) is 2.72. The minimum Gasteiger partial charge on any atom is -0.380 e. The summed E-state index contributed by atoms with van der Waals surface area (Å²) < 4.78 is 5.42. The summed E-state index contributed by atoms with van der Waals surface area (Å²) in [6, 6.07) is 6.30. The number of halogens is 1. The molecule has 2 N–H and O–H groups in total. The number of nitrogens with zero attached hydrogens (tertiary/aromatic N) is 1. The second-order valence-electron chi connectivity index (χ2n) is 4.89. The molecule has 3 nitrogen and oxygen atoms in total. The van der Waals surface area contributed by atoms with E-state index in [0.717, 1.165) is 24.5 Å². The van der Waals surface area contributed by atoms with Crippen LogP contribution in [0.1, 0.15) is 23.6 Å². The zero-order chi connectivity index (χ0) is 13.1. The lowest BCUT2D eigenvalue weighted by atomic mass is 10.0. The molecule has 0 spiro atoms. The molecule has 1 aromatic rings. The van der Waals surface area contributed by atoms with E-state index in [1.807, 2.05) is 12.1 Å². The van der Waals surface area contributed by atoms with Crippen molar-refractivity contribution in [3.8, 4) is 0 Å². The minimum absolute atomic E-state index is 0.266. The van der Waals surface area contributed by atoms with E-state index in [2.05, 4.69) is 17.9 Å². The van der Waals surface area contributed by atoms with E-state index < -0.39 is 0 Å². The van der Waals surface area contributed by atoms with Gasteiger partial charge in [-0.05, 0) is 36.6 Å². The molecule has 0 saturated carbocycles. The first-order valence-corrected chi connectivity index (χ1v) is 6.76. The predicted octanol–water partition coefficient (Wildman–Crippen LogP) is 2.37. The van der Waals surface area contributed by atoms with Gasteiger partial charge in [-0.25, -0.2) is 0 Å². The van der Waals surface area contributed by atoms with Crippen molar-refractivity contribution in [3.05, 3.63) is 34.3 Å². The summed E-state index contributed by atoms with van der Waals surface area (Å²) in [6.45, 7) is 4.72. The number of hydrogen-bond acceptors (Lipinski definition) is 3. The first-order valence-electron chi connectivity index (χ1n) is 6.38. The van der Waals surface area contributed by atoms with Crippen LogP contribution in [-0.2, 0) is 4.74 Å². The van der Waals surface area contributed by atoms with Crippen LogP contribution in [0, 0.1) is 6.92 Å². The van der Waals surface area contributed by atoms with Crippen LogP contribution in [0.15, 0.2) is 18.2 Å². The van der Waals surface area contributed by atoms with Gasteiger partial charge in [0.2, 0.25) is 0 Å². The number of likely N-dealkylation sites (tertiary alicyclic amines) is 1. The fourth-order valence-corrected chi connectivity index (χ4v) is 2.94. The summed E-state index contributed by atoms with van der Waals surface area (Å²) in [7, 11) is 1.78. The largest absolute Gasteiger partial charge is 0.380 e. The second-order valence-corrected chi connectivity index (χ2v) is 5.33. The number of methoxy groups -OCH3 is 1. The van der Waals surface area contributed by atoms with E-state index >= 15 is 0 Å². The summed E-state index contributed by atoms with van der Waals surface area (Å²) >= 11 is 6.01. The third-order valence-corrected chi connectivity index (χ3v) is 4.00. The van der Waals surface area contributed by atoms with E-state index in [0.29, 0.717) is 12.6 Å². The second kappa shape index (κ2) is 6.02. The Morgan fingerprint density at radius 1 is 1.56 bits per heavy atom. The van der Waals surface area contributed by atoms with Crippen molar-refractivity contribution in [3.63, 3.8) is 0 Å². The molecule has 4 heteroatoms. The van der Waals surface area contributed by atoms with Gasteiger partial charge in [-0.1, -0.05) is 17.7 Å². The van der Waals surface area contributed by atoms with E-state index in [-0.39, 0.29) is 6.04 Å². The molecule has 0 amide bonds. The monoisotopic (exact) mass is 268 g/mol. The standard InChI is InChI=1S/C14H21ClN2O/c1-10-7-11(15)3-4-13(10)14(8-16)17-6-5-12(9-17)18-2/h3-4,7,12,14H,5-6,8-9,16H2,1-2H3. The molecule has 1 aromatic carbocycles. The molecule has 0 radical (unpaired) electrons. The van der Waals surface area contributed by atoms with Crippen LogP contribution in [0.2, 0.25) is 5.02 Å². The Morgan fingerprint density at radius 3 is 2.89 bits per heavy atom. The molecule has 2 rings (SSSR count). The maximum atomic E-state index is 6.01. The smallest absolute Gasteiger partial charge is 0.0710 e. The number of hydrogen-bond donors (Lipinski definition) is 1. The average molecular weight is 269 g/mol. The molecule has 18 heavy (non-hydrogen) atoms. The third-order valence-electron chi connectivity index (χ3n) is 3.76. The van der Waals surface area contributed by atoms with Crippen molar-refractivity contribution in [2.24, 2.45) is 5.73 Å². The highest BCUT2D eigenvalue weighted by Gasteiger charge is 2.28. The summed E-state index contributed by atoms with van der Waals surface area (Å²) in [4.78, 5) is 2.41. The maximum absolute atomic E-state index is 6.01. The van der Waals surface area contributed by atoms with Gasteiger partial charge in [0.1, 0.15) is 0 Å². The summed E-state index contributed by atoms with van der Waals surface area (Å²) in [5.41, 5.74) is 8.45. The quantitative estimate of drug-likeness (QED) is 0.911. The molecule has 1 heterocycles. The number of benzene rings is 1. The van der Waals surface area contributed by atoms with Crippen molar-refractivity contribution in [1.82, 2.24) is 4.90 Å². The zero-order valence-electron chi connectivity index (χ0n) is 11.0.